The number of hydrogen-bond donors (Lipinski definition) is 3. The summed E-state index contributed by atoms with van der Waals surface area (Å²) in [5.74, 6) is -0.457. The topological polar surface area (TPSA) is 158 Å². The first-order chi connectivity index (χ1) is 28.9. The zero-order chi connectivity index (χ0) is 41.5. The maximum absolute atomic E-state index is 15.0. The number of pyridine rings is 1. The van der Waals surface area contributed by atoms with Crippen LogP contribution in [0.1, 0.15) is 88.9 Å². The minimum atomic E-state index is -0.928. The first-order valence-electron chi connectivity index (χ1n) is 21.9. The van der Waals surface area contributed by atoms with Gasteiger partial charge in [-0.3, -0.25) is 29.3 Å². The Balaban J connectivity index is 1.13. The lowest BCUT2D eigenvalue weighted by Crippen LogP contribution is -2.77. The molecule has 60 heavy (non-hydrogen) atoms. The number of likely N-dealkylation sites (tertiary alicyclic amines) is 1. The molecule has 1 spiro atoms. The number of benzene rings is 1. The zero-order valence-corrected chi connectivity index (χ0v) is 35.8. The standard InChI is InChI=1S/C46H55N9O4S/c1-26-27(2)37(26)41(56)51-38-40(53-23-46(24-53)13-15-49-46)42-50-35(22-60-42)29-10-12-36-32(18-29)33(19-45(3,4)25-59-44(58)34-8-6-16-54(52-34)43(38)57)39(30-7-5-14-48-21-30)55(36)31-11-9-28(17-31)20-47/h5,7,10,12,14,18,21-22,26-28,31,34,37-38,40,49,52H,6,8-9,11,13,15-17,19,23-25H2,1-4H3,(H,51,56)/t26-,27+,28-,31-,34-,37?,38-,40-/m0/s1. The number of hydrogen-bond acceptors (Lipinski definition) is 11. The zero-order valence-electron chi connectivity index (χ0n) is 34.9. The van der Waals surface area contributed by atoms with Crippen molar-refractivity contribution in [1.29, 1.82) is 5.26 Å². The number of nitrogens with zero attached hydrogens (tertiary/aromatic N) is 6. The molecule has 6 bridgehead atoms. The number of thiazole rings is 1. The number of ether oxygens (including phenoxy) is 1. The lowest BCUT2D eigenvalue weighted by molar-refractivity contribution is -0.156. The maximum atomic E-state index is 15.0. The molecular formula is C46H55N9O4S. The van der Waals surface area contributed by atoms with E-state index in [4.69, 9.17) is 9.72 Å². The van der Waals surface area contributed by atoms with Crippen molar-refractivity contribution in [1.82, 2.24) is 40.5 Å². The molecule has 1 unspecified atom stereocenters. The first-order valence-corrected chi connectivity index (χ1v) is 22.8. The van der Waals surface area contributed by atoms with Crippen LogP contribution in [0.15, 0.2) is 48.1 Å². The number of hydrazine groups is 1. The van der Waals surface area contributed by atoms with Crippen molar-refractivity contribution in [2.24, 2.45) is 29.1 Å². The lowest BCUT2D eigenvalue weighted by Gasteiger charge is -2.59. The van der Waals surface area contributed by atoms with Crippen molar-refractivity contribution < 1.29 is 19.1 Å². The Morgan fingerprint density at radius 1 is 1.10 bits per heavy atom. The SMILES string of the molecule is C[C@@H]1C(C(=O)N[C@@H]2C(=O)N3CCC[C@H](N3)C(=O)OCC(C)(C)Cc3c(-c4cccnc4)n([C@H]4CC[C@H](C#N)C4)c4ccc(cc34)-c3csc(n3)[C@H]2N2CC3(CCN3)C2)[C@@H]1C. The quantitative estimate of drug-likeness (QED) is 0.211. The minimum Gasteiger partial charge on any atom is -0.464 e. The summed E-state index contributed by atoms with van der Waals surface area (Å²) < 4.78 is 8.62. The van der Waals surface area contributed by atoms with Gasteiger partial charge in [-0.15, -0.1) is 11.3 Å². The summed E-state index contributed by atoms with van der Waals surface area (Å²) in [6, 6.07) is 11.2. The number of nitrogens with one attached hydrogen (secondary N) is 3. The highest BCUT2D eigenvalue weighted by molar-refractivity contribution is 7.10. The van der Waals surface area contributed by atoms with Crippen LogP contribution >= 0.6 is 11.3 Å². The second kappa shape index (κ2) is 15.0. The Morgan fingerprint density at radius 2 is 1.92 bits per heavy atom. The van der Waals surface area contributed by atoms with Crippen LogP contribution in [-0.2, 0) is 25.5 Å². The number of amides is 2. The minimum absolute atomic E-state index is 0.000891. The van der Waals surface area contributed by atoms with E-state index in [2.05, 4.69) is 93.9 Å². The van der Waals surface area contributed by atoms with Crippen LogP contribution in [0.3, 0.4) is 0 Å². The average molecular weight is 830 g/mol. The second-order valence-electron chi connectivity index (χ2n) is 19.3. The Morgan fingerprint density at radius 3 is 2.62 bits per heavy atom. The molecule has 10 rings (SSSR count). The van der Waals surface area contributed by atoms with Gasteiger partial charge in [0.15, 0.2) is 0 Å². The van der Waals surface area contributed by atoms with Crippen molar-refractivity contribution in [3.05, 3.63) is 58.7 Å². The molecule has 3 saturated heterocycles. The van der Waals surface area contributed by atoms with Gasteiger partial charge in [-0.05, 0) is 93.2 Å². The molecule has 13 nitrogen and oxygen atoms in total. The van der Waals surface area contributed by atoms with E-state index in [1.807, 2.05) is 12.3 Å². The van der Waals surface area contributed by atoms with E-state index in [1.165, 1.54) is 11.3 Å². The molecule has 0 radical (unpaired) electrons. The van der Waals surface area contributed by atoms with Crippen LogP contribution in [0.25, 0.3) is 33.4 Å². The summed E-state index contributed by atoms with van der Waals surface area (Å²) in [6.45, 7) is 11.5. The normalized spacial score (nSPS) is 31.1. The Bertz CT molecular complexity index is 2370. The Hall–Kier alpha value is -4.68. The molecule has 4 aliphatic heterocycles. The van der Waals surface area contributed by atoms with E-state index >= 15 is 0 Å². The van der Waals surface area contributed by atoms with E-state index < -0.39 is 29.5 Å². The summed E-state index contributed by atoms with van der Waals surface area (Å²) in [7, 11) is 0. The van der Waals surface area contributed by atoms with Crippen LogP contribution in [-0.4, -0.2) is 92.6 Å². The number of carbonyl (C=O) groups is 3. The maximum Gasteiger partial charge on any atom is 0.324 e. The molecular weight excluding hydrogens is 775 g/mol. The second-order valence-corrected chi connectivity index (χ2v) is 20.2. The third kappa shape index (κ3) is 6.91. The van der Waals surface area contributed by atoms with Crippen molar-refractivity contribution in [2.75, 3.05) is 32.8 Å². The summed E-state index contributed by atoms with van der Waals surface area (Å²) in [5.41, 5.74) is 8.91. The summed E-state index contributed by atoms with van der Waals surface area (Å²) in [6.07, 6.45) is 9.08. The fraction of sp³-hybridized carbons (Fsp3) is 0.565. The summed E-state index contributed by atoms with van der Waals surface area (Å²) in [4.78, 5) is 55.2. The predicted octanol–water partition coefficient (Wildman–Crippen LogP) is 5.79. The van der Waals surface area contributed by atoms with Gasteiger partial charge in [0.25, 0.3) is 5.91 Å². The van der Waals surface area contributed by atoms with E-state index in [9.17, 15) is 19.6 Å². The van der Waals surface area contributed by atoms with Gasteiger partial charge in [-0.2, -0.15) is 5.26 Å². The van der Waals surface area contributed by atoms with Crippen LogP contribution in [0.2, 0.25) is 0 Å². The number of fused-ring (bicyclic) bond motifs is 6. The van der Waals surface area contributed by atoms with Gasteiger partial charge in [0, 0.05) is 88.3 Å². The highest BCUT2D eigenvalue weighted by Crippen LogP contribution is 2.48. The van der Waals surface area contributed by atoms with Crippen LogP contribution in [0, 0.1) is 40.4 Å². The molecule has 8 atom stereocenters. The van der Waals surface area contributed by atoms with Gasteiger partial charge in [-0.1, -0.05) is 33.8 Å². The molecule has 14 heteroatoms. The molecule has 7 heterocycles. The number of cyclic esters (lactones) is 1. The lowest BCUT2D eigenvalue weighted by atomic mass is 9.78. The fourth-order valence-electron chi connectivity index (χ4n) is 10.8. The highest BCUT2D eigenvalue weighted by Gasteiger charge is 2.55. The molecule has 3 N–H and O–H groups in total. The monoisotopic (exact) mass is 829 g/mol. The predicted molar refractivity (Wildman–Crippen MR) is 228 cm³/mol. The number of rotatable bonds is 5. The van der Waals surface area contributed by atoms with E-state index in [1.54, 1.807) is 11.2 Å². The highest BCUT2D eigenvalue weighted by atomic mass is 32.1. The molecule has 4 aromatic rings. The molecule has 2 amide bonds. The van der Waals surface area contributed by atoms with Crippen molar-refractivity contribution in [3.63, 3.8) is 0 Å². The van der Waals surface area contributed by atoms with Crippen LogP contribution < -0.4 is 16.1 Å². The summed E-state index contributed by atoms with van der Waals surface area (Å²) >= 11 is 1.53. The molecule has 6 aliphatic rings. The average Bonchev–Trinajstić information content (AvgIpc) is 3.68. The van der Waals surface area contributed by atoms with E-state index in [0.717, 1.165) is 89.3 Å². The Labute approximate surface area is 355 Å². The van der Waals surface area contributed by atoms with Crippen molar-refractivity contribution in [2.45, 2.75) is 102 Å². The molecule has 2 saturated carbocycles. The Kier molecular flexibility index (Phi) is 9.89. The van der Waals surface area contributed by atoms with Crippen molar-refractivity contribution >= 4 is 40.0 Å². The molecule has 5 fully saturated rings. The molecule has 314 valence electrons. The van der Waals surface area contributed by atoms with Gasteiger partial charge in [0.1, 0.15) is 17.1 Å². The molecule has 1 aromatic carbocycles. The third-order valence-corrected chi connectivity index (χ3v) is 15.5. The number of nitriles is 1. The van der Waals surface area contributed by atoms with Crippen LogP contribution in [0.4, 0.5) is 0 Å². The molecule has 2 aliphatic carbocycles. The van der Waals surface area contributed by atoms with E-state index in [0.29, 0.717) is 25.8 Å². The molecule has 3 aromatic heterocycles. The van der Waals surface area contributed by atoms with Gasteiger partial charge in [0.05, 0.1) is 30.1 Å². The largest absolute Gasteiger partial charge is 0.464 e. The summed E-state index contributed by atoms with van der Waals surface area (Å²) in [5, 5.41) is 22.3. The van der Waals surface area contributed by atoms with Crippen molar-refractivity contribution in [3.8, 4) is 28.6 Å². The fourth-order valence-corrected chi connectivity index (χ4v) is 11.8. The number of aromatic nitrogens is 3. The number of esters is 1. The first kappa shape index (κ1) is 39.5. The third-order valence-electron chi connectivity index (χ3n) is 14.6. The van der Waals surface area contributed by atoms with E-state index in [-0.39, 0.29) is 53.7 Å². The van der Waals surface area contributed by atoms with Gasteiger partial charge >= 0.3 is 5.97 Å². The van der Waals surface area contributed by atoms with Crippen LogP contribution in [0.5, 0.6) is 0 Å². The smallest absolute Gasteiger partial charge is 0.324 e. The van der Waals surface area contributed by atoms with Gasteiger partial charge < -0.3 is 19.9 Å². The number of carbonyl (C=O) groups excluding carboxylic acids is 3. The van der Waals surface area contributed by atoms with Gasteiger partial charge in [-0.25, -0.2) is 10.4 Å². The van der Waals surface area contributed by atoms with Gasteiger partial charge in [0.2, 0.25) is 5.91 Å².